The Bertz CT molecular complexity index is 1430. The molecule has 170 valence electrons. The van der Waals surface area contributed by atoms with Gasteiger partial charge in [0.25, 0.3) is 5.91 Å². The molecule has 0 spiro atoms. The van der Waals surface area contributed by atoms with E-state index in [9.17, 15) is 18.0 Å². The van der Waals surface area contributed by atoms with Gasteiger partial charge in [0.1, 0.15) is 0 Å². The van der Waals surface area contributed by atoms with Gasteiger partial charge in [-0.05, 0) is 25.1 Å². The number of rotatable bonds is 7. The van der Waals surface area contributed by atoms with Crippen molar-refractivity contribution in [2.75, 3.05) is 18.1 Å². The van der Waals surface area contributed by atoms with Crippen LogP contribution < -0.4 is 10.6 Å². The Kier molecular flexibility index (Phi) is 6.11. The zero-order valence-electron chi connectivity index (χ0n) is 17.7. The molecule has 10 nitrogen and oxygen atoms in total. The monoisotopic (exact) mass is 484 g/mol. The van der Waals surface area contributed by atoms with Crippen molar-refractivity contribution in [3.05, 3.63) is 71.9 Å². The quantitative estimate of drug-likeness (QED) is 0.414. The number of carbonyl (C=O) groups excluding carboxylic acids is 2. The highest BCUT2D eigenvalue weighted by Crippen LogP contribution is 2.26. The predicted molar refractivity (Wildman–Crippen MR) is 125 cm³/mol. The number of carbonyl (C=O) groups is 2. The summed E-state index contributed by atoms with van der Waals surface area (Å²) < 4.78 is 25.8. The van der Waals surface area contributed by atoms with Crippen molar-refractivity contribution in [1.82, 2.24) is 23.8 Å². The number of aromatic nitrogens is 4. The van der Waals surface area contributed by atoms with E-state index >= 15 is 0 Å². The van der Waals surface area contributed by atoms with Crippen LogP contribution in [0.1, 0.15) is 16.1 Å². The number of amides is 2. The molecule has 0 aliphatic heterocycles. The summed E-state index contributed by atoms with van der Waals surface area (Å²) in [5, 5.41) is 7.35. The van der Waals surface area contributed by atoms with Crippen molar-refractivity contribution >= 4 is 38.3 Å². The highest BCUT2D eigenvalue weighted by molar-refractivity contribution is 7.89. The maximum Gasteiger partial charge on any atom is 0.253 e. The number of nitrogens with one attached hydrogen (secondary N) is 2. The minimum atomic E-state index is -3.48. The van der Waals surface area contributed by atoms with Crippen molar-refractivity contribution < 1.29 is 18.0 Å². The zero-order valence-corrected chi connectivity index (χ0v) is 19.4. The third-order valence-corrected chi connectivity index (χ3v) is 6.38. The maximum atomic E-state index is 12.2. The highest BCUT2D eigenvalue weighted by Gasteiger charge is 2.14. The first kappa shape index (κ1) is 22.4. The van der Waals surface area contributed by atoms with E-state index in [0.29, 0.717) is 10.8 Å². The predicted octanol–water partition coefficient (Wildman–Crippen LogP) is 2.28. The van der Waals surface area contributed by atoms with Crippen LogP contribution in [-0.4, -0.2) is 51.5 Å². The molecule has 3 heterocycles. The number of imidazole rings is 1. The molecule has 33 heavy (non-hydrogen) atoms. The van der Waals surface area contributed by atoms with E-state index in [1.54, 1.807) is 6.33 Å². The molecule has 0 bridgehead atoms. The smallest absolute Gasteiger partial charge is 0.253 e. The van der Waals surface area contributed by atoms with Crippen LogP contribution in [0.15, 0.2) is 60.6 Å². The summed E-state index contributed by atoms with van der Waals surface area (Å²) >= 11 is 1.27. The minimum absolute atomic E-state index is 0.137. The fraction of sp³-hybridized carbons (Fsp3) is 0.143. The fourth-order valence-electron chi connectivity index (χ4n) is 3.00. The normalized spacial score (nSPS) is 11.3. The van der Waals surface area contributed by atoms with Crippen LogP contribution in [0.2, 0.25) is 0 Å². The van der Waals surface area contributed by atoms with Crippen LogP contribution in [0.4, 0.5) is 5.13 Å². The van der Waals surface area contributed by atoms with E-state index in [-0.39, 0.29) is 12.1 Å². The molecular weight excluding hydrogens is 464 g/mol. The average Bonchev–Trinajstić information content (AvgIpc) is 3.52. The molecule has 0 atom stereocenters. The van der Waals surface area contributed by atoms with E-state index in [4.69, 9.17) is 0 Å². The zero-order chi connectivity index (χ0) is 23.6. The number of anilines is 1. The van der Waals surface area contributed by atoms with Crippen LogP contribution in [0.25, 0.3) is 16.9 Å². The largest absolute Gasteiger partial charge is 0.343 e. The lowest BCUT2D eigenvalue weighted by Crippen LogP contribution is -2.32. The topological polar surface area (TPSA) is 128 Å². The van der Waals surface area contributed by atoms with Gasteiger partial charge in [-0.2, -0.15) is 0 Å². The van der Waals surface area contributed by atoms with Gasteiger partial charge in [-0.1, -0.05) is 12.1 Å². The minimum Gasteiger partial charge on any atom is -0.343 e. The van der Waals surface area contributed by atoms with Gasteiger partial charge < -0.3 is 15.2 Å². The number of aryl methyl sites for hydroxylation is 1. The molecule has 0 fully saturated rings. The fourth-order valence-corrected chi connectivity index (χ4v) is 4.32. The lowest BCUT2D eigenvalue weighted by Gasteiger charge is -2.05. The average molecular weight is 485 g/mol. The van der Waals surface area contributed by atoms with Crippen LogP contribution in [0, 0.1) is 6.92 Å². The van der Waals surface area contributed by atoms with Crippen LogP contribution in [0.3, 0.4) is 0 Å². The van der Waals surface area contributed by atoms with Crippen molar-refractivity contribution in [3.63, 3.8) is 0 Å². The third-order valence-electron chi connectivity index (χ3n) is 4.62. The second kappa shape index (κ2) is 9.00. The Labute approximate surface area is 194 Å². The Hall–Kier alpha value is -3.77. The summed E-state index contributed by atoms with van der Waals surface area (Å²) in [5.74, 6) is -1.01. The van der Waals surface area contributed by atoms with E-state index < -0.39 is 21.8 Å². The Balaban J connectivity index is 1.36. The lowest BCUT2D eigenvalue weighted by molar-refractivity contribution is -0.115. The first-order valence-corrected chi connectivity index (χ1v) is 12.5. The SMILES string of the molecule is Cc1cn(-c2cccc(-c3csc(NC(=O)CNC(=O)c4ccn(S(C)(=O)=O)c4)n3)c2)cn1. The molecule has 4 rings (SSSR count). The van der Waals surface area contributed by atoms with Gasteiger partial charge >= 0.3 is 0 Å². The third kappa shape index (κ3) is 5.35. The standard InChI is InChI=1S/C21H20N6O4S2/c1-14-10-26(13-23-14)17-5-3-4-15(8-17)18-12-32-21(24-18)25-19(28)9-22-20(29)16-6-7-27(11-16)33(2,30)31/h3-8,10-13H,9H2,1-2H3,(H,22,29)(H,24,25,28). The van der Waals surface area contributed by atoms with Crippen LogP contribution in [-0.2, 0) is 14.8 Å². The Morgan fingerprint density at radius 3 is 2.70 bits per heavy atom. The molecule has 0 aliphatic carbocycles. The summed E-state index contributed by atoms with van der Waals surface area (Å²) in [6.45, 7) is 1.64. The molecule has 0 unspecified atom stereocenters. The number of hydrogen-bond acceptors (Lipinski definition) is 7. The highest BCUT2D eigenvalue weighted by atomic mass is 32.2. The molecule has 0 aliphatic rings. The van der Waals surface area contributed by atoms with E-state index in [1.165, 1.54) is 29.8 Å². The van der Waals surface area contributed by atoms with Gasteiger partial charge in [-0.15, -0.1) is 11.3 Å². The van der Waals surface area contributed by atoms with Crippen LogP contribution in [0.5, 0.6) is 0 Å². The lowest BCUT2D eigenvalue weighted by atomic mass is 10.1. The van der Waals surface area contributed by atoms with Gasteiger partial charge in [0.2, 0.25) is 15.9 Å². The molecule has 12 heteroatoms. The van der Waals surface area contributed by atoms with Crippen molar-refractivity contribution in [1.29, 1.82) is 0 Å². The number of benzene rings is 1. The van der Waals surface area contributed by atoms with Gasteiger partial charge in [0, 0.05) is 35.2 Å². The second-order valence-corrected chi connectivity index (χ2v) is 9.98. The second-order valence-electron chi connectivity index (χ2n) is 7.23. The summed E-state index contributed by atoms with van der Waals surface area (Å²) in [6, 6.07) is 9.15. The van der Waals surface area contributed by atoms with Gasteiger partial charge in [0.15, 0.2) is 5.13 Å². The molecule has 2 amide bonds. The van der Waals surface area contributed by atoms with Gasteiger partial charge in [-0.25, -0.2) is 18.4 Å². The summed E-state index contributed by atoms with van der Waals surface area (Å²) in [4.78, 5) is 33.1. The van der Waals surface area contributed by atoms with Crippen molar-refractivity contribution in [3.8, 4) is 16.9 Å². The summed E-state index contributed by atoms with van der Waals surface area (Å²) in [7, 11) is -3.48. The molecule has 0 radical (unpaired) electrons. The summed E-state index contributed by atoms with van der Waals surface area (Å²) in [5.41, 5.74) is 3.59. The molecule has 0 saturated heterocycles. The van der Waals surface area contributed by atoms with Gasteiger partial charge in [0.05, 0.1) is 36.1 Å². The first-order valence-electron chi connectivity index (χ1n) is 9.72. The first-order chi connectivity index (χ1) is 15.7. The van der Waals surface area contributed by atoms with E-state index in [1.807, 2.05) is 47.3 Å². The van der Waals surface area contributed by atoms with Crippen molar-refractivity contribution in [2.45, 2.75) is 6.92 Å². The Morgan fingerprint density at radius 2 is 2.00 bits per heavy atom. The van der Waals surface area contributed by atoms with Gasteiger partial charge in [-0.3, -0.25) is 13.6 Å². The molecule has 3 aromatic heterocycles. The molecule has 1 aromatic carbocycles. The van der Waals surface area contributed by atoms with Crippen LogP contribution >= 0.6 is 11.3 Å². The van der Waals surface area contributed by atoms with Crippen molar-refractivity contribution in [2.24, 2.45) is 0 Å². The van der Waals surface area contributed by atoms with E-state index in [2.05, 4.69) is 20.6 Å². The molecule has 2 N–H and O–H groups in total. The summed E-state index contributed by atoms with van der Waals surface area (Å²) in [6.07, 6.45) is 7.15. The number of hydrogen-bond donors (Lipinski definition) is 2. The Morgan fingerprint density at radius 1 is 1.18 bits per heavy atom. The number of thiazole rings is 1. The molecular formula is C21H20N6O4S2. The molecule has 0 saturated carbocycles. The molecule has 4 aromatic rings. The maximum absolute atomic E-state index is 12.2. The van der Waals surface area contributed by atoms with E-state index in [0.717, 1.165) is 27.2 Å². The number of nitrogens with zero attached hydrogens (tertiary/aromatic N) is 4.